The predicted octanol–water partition coefficient (Wildman–Crippen LogP) is 0.592. The molecule has 94 valence electrons. The second-order valence-electron chi connectivity index (χ2n) is 3.15. The Morgan fingerprint density at radius 1 is 0.733 bits per heavy atom. The molecule has 0 aromatic rings. The first-order chi connectivity index (χ1) is 6.91. The highest BCUT2D eigenvalue weighted by atomic mass is 32.3. The fourth-order valence-electron chi connectivity index (χ4n) is 0.996. The molecule has 0 unspecified atom stereocenters. The summed E-state index contributed by atoms with van der Waals surface area (Å²) >= 11 is 0. The Hall–Kier alpha value is -0.210. The molecule has 7 heteroatoms. The Kier molecular flexibility index (Phi) is 13.6. The highest BCUT2D eigenvalue weighted by Crippen LogP contribution is 2.03. The summed E-state index contributed by atoms with van der Waals surface area (Å²) in [4.78, 5) is 0. The zero-order valence-electron chi connectivity index (χ0n) is 8.93. The first kappa shape index (κ1) is 17.2. The lowest BCUT2D eigenvalue weighted by Gasteiger charge is -1.97. The van der Waals surface area contributed by atoms with Crippen molar-refractivity contribution in [1.29, 1.82) is 0 Å². The average Bonchev–Trinajstić information content (AvgIpc) is 2.08. The van der Waals surface area contributed by atoms with Crippen LogP contribution in [0.1, 0.15) is 38.5 Å². The SMILES string of the molecule is NCCCCCCCCN.O=S(=O)(O)O. The van der Waals surface area contributed by atoms with Crippen molar-refractivity contribution in [2.45, 2.75) is 38.5 Å². The van der Waals surface area contributed by atoms with E-state index in [1.165, 1.54) is 38.5 Å². The van der Waals surface area contributed by atoms with Crippen LogP contribution in [0.5, 0.6) is 0 Å². The van der Waals surface area contributed by atoms with E-state index in [0.29, 0.717) is 0 Å². The topological polar surface area (TPSA) is 127 Å². The van der Waals surface area contributed by atoms with E-state index in [1.54, 1.807) is 0 Å². The standard InChI is InChI=1S/C8H20N2.H2O4S/c9-7-5-3-1-2-4-6-8-10;1-5(2,3)4/h1-10H2;(H2,1,2,3,4). The maximum absolute atomic E-state index is 8.74. The van der Waals surface area contributed by atoms with Crippen LogP contribution in [0, 0.1) is 0 Å². The molecule has 0 fully saturated rings. The summed E-state index contributed by atoms with van der Waals surface area (Å²) in [6.07, 6.45) is 7.61. The normalized spacial score (nSPS) is 10.7. The Bertz CT molecular complexity index is 191. The fraction of sp³-hybridized carbons (Fsp3) is 1.00. The van der Waals surface area contributed by atoms with Gasteiger partial charge in [0.25, 0.3) is 0 Å². The van der Waals surface area contributed by atoms with E-state index in [9.17, 15) is 0 Å². The van der Waals surface area contributed by atoms with Crippen LogP contribution in [0.15, 0.2) is 0 Å². The van der Waals surface area contributed by atoms with E-state index in [4.69, 9.17) is 29.0 Å². The number of nitrogens with two attached hydrogens (primary N) is 2. The second-order valence-corrected chi connectivity index (χ2v) is 4.04. The molecule has 0 heterocycles. The number of hydrogen-bond acceptors (Lipinski definition) is 4. The largest absolute Gasteiger partial charge is 0.394 e. The first-order valence-corrected chi connectivity index (χ1v) is 6.41. The summed E-state index contributed by atoms with van der Waals surface area (Å²) in [6, 6.07) is 0. The molecule has 0 aliphatic heterocycles. The minimum atomic E-state index is -4.67. The van der Waals surface area contributed by atoms with Gasteiger partial charge in [0.15, 0.2) is 0 Å². The summed E-state index contributed by atoms with van der Waals surface area (Å²) in [5.41, 5.74) is 10.7. The van der Waals surface area contributed by atoms with E-state index < -0.39 is 10.4 Å². The van der Waals surface area contributed by atoms with Crippen molar-refractivity contribution < 1.29 is 17.5 Å². The third-order valence-corrected chi connectivity index (χ3v) is 1.66. The van der Waals surface area contributed by atoms with E-state index in [0.717, 1.165) is 13.1 Å². The minimum Gasteiger partial charge on any atom is -0.330 e. The smallest absolute Gasteiger partial charge is 0.330 e. The molecule has 0 amide bonds. The van der Waals surface area contributed by atoms with Gasteiger partial charge in [-0.3, -0.25) is 9.11 Å². The van der Waals surface area contributed by atoms with Crippen molar-refractivity contribution >= 4 is 10.4 Å². The molecular weight excluding hydrogens is 220 g/mol. The molecule has 0 aromatic carbocycles. The van der Waals surface area contributed by atoms with Gasteiger partial charge in [0.1, 0.15) is 0 Å². The van der Waals surface area contributed by atoms with Crippen molar-refractivity contribution in [3.8, 4) is 0 Å². The van der Waals surface area contributed by atoms with Gasteiger partial charge in [-0.1, -0.05) is 25.7 Å². The Morgan fingerprint density at radius 3 is 1.13 bits per heavy atom. The molecule has 0 radical (unpaired) electrons. The fourth-order valence-corrected chi connectivity index (χ4v) is 0.996. The van der Waals surface area contributed by atoms with Crippen molar-refractivity contribution in [3.05, 3.63) is 0 Å². The third kappa shape index (κ3) is 41.6. The van der Waals surface area contributed by atoms with Crippen molar-refractivity contribution in [2.75, 3.05) is 13.1 Å². The summed E-state index contributed by atoms with van der Waals surface area (Å²) in [6.45, 7) is 1.69. The third-order valence-electron chi connectivity index (χ3n) is 1.66. The van der Waals surface area contributed by atoms with Crippen LogP contribution in [0.3, 0.4) is 0 Å². The van der Waals surface area contributed by atoms with E-state index in [-0.39, 0.29) is 0 Å². The molecule has 15 heavy (non-hydrogen) atoms. The van der Waals surface area contributed by atoms with E-state index in [1.807, 2.05) is 0 Å². The second kappa shape index (κ2) is 11.9. The Labute approximate surface area is 91.6 Å². The van der Waals surface area contributed by atoms with Crippen LogP contribution in [-0.2, 0) is 10.4 Å². The van der Waals surface area contributed by atoms with Crippen LogP contribution in [0.2, 0.25) is 0 Å². The minimum absolute atomic E-state index is 0.844. The highest BCUT2D eigenvalue weighted by molar-refractivity contribution is 7.79. The molecule has 0 saturated heterocycles. The van der Waals surface area contributed by atoms with Gasteiger partial charge in [0.05, 0.1) is 0 Å². The monoisotopic (exact) mass is 242 g/mol. The first-order valence-electron chi connectivity index (χ1n) is 5.01. The number of hydrogen-bond donors (Lipinski definition) is 4. The quantitative estimate of drug-likeness (QED) is 0.382. The predicted molar refractivity (Wildman–Crippen MR) is 60.0 cm³/mol. The van der Waals surface area contributed by atoms with Gasteiger partial charge in [-0.15, -0.1) is 0 Å². The molecule has 0 saturated carbocycles. The van der Waals surface area contributed by atoms with Gasteiger partial charge in [-0.2, -0.15) is 8.42 Å². The van der Waals surface area contributed by atoms with Crippen molar-refractivity contribution in [3.63, 3.8) is 0 Å². The van der Waals surface area contributed by atoms with Crippen LogP contribution in [0.4, 0.5) is 0 Å². The van der Waals surface area contributed by atoms with Gasteiger partial charge < -0.3 is 11.5 Å². The zero-order valence-corrected chi connectivity index (χ0v) is 9.75. The van der Waals surface area contributed by atoms with Crippen molar-refractivity contribution in [1.82, 2.24) is 0 Å². The molecule has 0 aromatic heterocycles. The lowest BCUT2D eigenvalue weighted by atomic mass is 10.1. The average molecular weight is 242 g/mol. The van der Waals surface area contributed by atoms with Crippen LogP contribution >= 0.6 is 0 Å². The molecule has 0 aliphatic rings. The summed E-state index contributed by atoms with van der Waals surface area (Å²) in [5, 5.41) is 0. The molecule has 0 spiro atoms. The molecular formula is C8H22N2O4S. The zero-order chi connectivity index (χ0) is 12.2. The molecule has 0 atom stereocenters. The van der Waals surface area contributed by atoms with Crippen molar-refractivity contribution in [2.24, 2.45) is 11.5 Å². The molecule has 6 nitrogen and oxygen atoms in total. The van der Waals surface area contributed by atoms with E-state index >= 15 is 0 Å². The number of unbranched alkanes of at least 4 members (excludes halogenated alkanes) is 5. The molecule has 0 rings (SSSR count). The Morgan fingerprint density at radius 2 is 0.933 bits per heavy atom. The maximum atomic E-state index is 8.74. The lowest BCUT2D eigenvalue weighted by Crippen LogP contribution is -1.99. The molecule has 6 N–H and O–H groups in total. The van der Waals surface area contributed by atoms with Gasteiger partial charge >= 0.3 is 10.4 Å². The van der Waals surface area contributed by atoms with Gasteiger partial charge in [-0.05, 0) is 25.9 Å². The molecule has 0 aliphatic carbocycles. The Balaban J connectivity index is 0. The maximum Gasteiger partial charge on any atom is 0.394 e. The molecule has 0 bridgehead atoms. The van der Waals surface area contributed by atoms with Gasteiger partial charge in [0.2, 0.25) is 0 Å². The van der Waals surface area contributed by atoms with Crippen LogP contribution in [-0.4, -0.2) is 30.6 Å². The van der Waals surface area contributed by atoms with Crippen LogP contribution < -0.4 is 11.5 Å². The van der Waals surface area contributed by atoms with E-state index in [2.05, 4.69) is 0 Å². The van der Waals surface area contributed by atoms with Gasteiger partial charge in [-0.25, -0.2) is 0 Å². The lowest BCUT2D eigenvalue weighted by molar-refractivity contribution is 0.381. The van der Waals surface area contributed by atoms with Crippen LogP contribution in [0.25, 0.3) is 0 Å². The summed E-state index contributed by atoms with van der Waals surface area (Å²) in [5.74, 6) is 0. The highest BCUT2D eigenvalue weighted by Gasteiger charge is 1.87. The summed E-state index contributed by atoms with van der Waals surface area (Å²) in [7, 11) is -4.67. The number of rotatable bonds is 7. The summed E-state index contributed by atoms with van der Waals surface area (Å²) < 4.78 is 31.6. The van der Waals surface area contributed by atoms with Gasteiger partial charge in [0, 0.05) is 0 Å².